The van der Waals surface area contributed by atoms with Gasteiger partial charge in [-0.15, -0.1) is 0 Å². The molecule has 0 fully saturated rings. The first kappa shape index (κ1) is 9.60. The van der Waals surface area contributed by atoms with Gasteiger partial charge in [0.2, 0.25) is 0 Å². The zero-order valence-electron chi connectivity index (χ0n) is 7.84. The van der Waals surface area contributed by atoms with Crippen LogP contribution in [-0.4, -0.2) is 32.3 Å². The quantitative estimate of drug-likeness (QED) is 0.651. The fourth-order valence-electron chi connectivity index (χ4n) is 1.36. The van der Waals surface area contributed by atoms with Crippen molar-refractivity contribution in [3.05, 3.63) is 24.0 Å². The molecule has 0 bridgehead atoms. The lowest BCUT2D eigenvalue weighted by Gasteiger charge is -2.02. The van der Waals surface area contributed by atoms with Gasteiger partial charge in [-0.25, -0.2) is 4.98 Å². The number of carboxylic acid groups (broad SMARTS) is 1. The summed E-state index contributed by atoms with van der Waals surface area (Å²) in [5.74, 6) is -1.03. The maximum atomic E-state index is 10.6. The normalized spacial score (nSPS) is 12.9. The van der Waals surface area contributed by atoms with Gasteiger partial charge in [0.25, 0.3) is 0 Å². The van der Waals surface area contributed by atoms with Crippen molar-refractivity contribution >= 4 is 17.0 Å². The average Bonchev–Trinajstić information content (AvgIpc) is 2.62. The van der Waals surface area contributed by atoms with Gasteiger partial charge in [-0.2, -0.15) is 5.10 Å². The number of carbonyl (C=O) groups is 1. The number of nitrogens with zero attached hydrogens (tertiary/aromatic N) is 2. The molecule has 0 unspecified atom stereocenters. The molecule has 0 aromatic carbocycles. The Morgan fingerprint density at radius 3 is 3.20 bits per heavy atom. The van der Waals surface area contributed by atoms with Gasteiger partial charge < -0.3 is 10.8 Å². The third-order valence-corrected chi connectivity index (χ3v) is 2.15. The highest BCUT2D eigenvalue weighted by Gasteiger charge is 2.15. The number of nitrogens with one attached hydrogen (secondary N) is 1. The highest BCUT2D eigenvalue weighted by atomic mass is 16.4. The monoisotopic (exact) mass is 206 g/mol. The van der Waals surface area contributed by atoms with Crippen LogP contribution in [0.5, 0.6) is 0 Å². The number of aromatic nitrogens is 3. The predicted octanol–water partition coefficient (Wildman–Crippen LogP) is -0.0877. The van der Waals surface area contributed by atoms with E-state index in [0.29, 0.717) is 11.3 Å². The first-order valence-electron chi connectivity index (χ1n) is 4.45. The van der Waals surface area contributed by atoms with E-state index in [1.54, 1.807) is 12.3 Å². The van der Waals surface area contributed by atoms with Gasteiger partial charge in [0.15, 0.2) is 5.65 Å². The Labute approximate surface area is 85.1 Å². The van der Waals surface area contributed by atoms with Gasteiger partial charge in [0, 0.05) is 18.0 Å². The van der Waals surface area contributed by atoms with Gasteiger partial charge in [0.05, 0.1) is 5.69 Å². The van der Waals surface area contributed by atoms with Crippen molar-refractivity contribution < 1.29 is 9.90 Å². The van der Waals surface area contributed by atoms with E-state index in [4.69, 9.17) is 10.8 Å². The van der Waals surface area contributed by atoms with E-state index in [-0.39, 0.29) is 6.42 Å². The molecule has 0 aliphatic carbocycles. The molecule has 78 valence electrons. The molecule has 2 aromatic heterocycles. The summed E-state index contributed by atoms with van der Waals surface area (Å²) in [7, 11) is 0. The van der Waals surface area contributed by atoms with Crippen LogP contribution < -0.4 is 5.73 Å². The molecule has 15 heavy (non-hydrogen) atoms. The number of carboxylic acids is 1. The Kier molecular flexibility index (Phi) is 2.34. The molecule has 2 aromatic rings. The van der Waals surface area contributed by atoms with Crippen LogP contribution >= 0.6 is 0 Å². The summed E-state index contributed by atoms with van der Waals surface area (Å²) in [5.41, 5.74) is 6.70. The van der Waals surface area contributed by atoms with E-state index in [1.165, 1.54) is 0 Å². The Hall–Kier alpha value is -1.95. The van der Waals surface area contributed by atoms with Crippen molar-refractivity contribution in [2.75, 3.05) is 0 Å². The third kappa shape index (κ3) is 1.79. The molecule has 6 nitrogen and oxygen atoms in total. The standard InChI is InChI=1S/C9H10N4O2/c10-6(9(14)15)4-7-5-2-1-3-11-8(5)13-12-7/h1-3,6H,4,10H2,(H,14,15)(H,11,12,13)/t6-/m0/s1. The third-order valence-electron chi connectivity index (χ3n) is 2.15. The molecule has 0 spiro atoms. The molecule has 0 amide bonds. The number of H-pyrrole nitrogens is 1. The van der Waals surface area contributed by atoms with Gasteiger partial charge in [-0.1, -0.05) is 0 Å². The number of pyridine rings is 1. The second-order valence-corrected chi connectivity index (χ2v) is 3.22. The number of rotatable bonds is 3. The van der Waals surface area contributed by atoms with Gasteiger partial charge in [0.1, 0.15) is 6.04 Å². The molecule has 1 atom stereocenters. The molecule has 2 heterocycles. The molecule has 0 radical (unpaired) electrons. The van der Waals surface area contributed by atoms with E-state index in [9.17, 15) is 4.79 Å². The van der Waals surface area contributed by atoms with Crippen LogP contribution in [0.1, 0.15) is 5.69 Å². The molecule has 0 saturated heterocycles. The summed E-state index contributed by atoms with van der Waals surface area (Å²) < 4.78 is 0. The van der Waals surface area contributed by atoms with Crippen LogP contribution in [0.4, 0.5) is 0 Å². The predicted molar refractivity (Wildman–Crippen MR) is 53.2 cm³/mol. The van der Waals surface area contributed by atoms with Crippen LogP contribution in [0.2, 0.25) is 0 Å². The minimum Gasteiger partial charge on any atom is -0.480 e. The molecule has 6 heteroatoms. The average molecular weight is 206 g/mol. The fraction of sp³-hybridized carbons (Fsp3) is 0.222. The molecule has 0 aliphatic rings. The zero-order valence-corrected chi connectivity index (χ0v) is 7.84. The molecule has 4 N–H and O–H groups in total. The summed E-state index contributed by atoms with van der Waals surface area (Å²) in [4.78, 5) is 14.6. The molecular weight excluding hydrogens is 196 g/mol. The second-order valence-electron chi connectivity index (χ2n) is 3.22. The van der Waals surface area contributed by atoms with Crippen molar-refractivity contribution in [2.45, 2.75) is 12.5 Å². The smallest absolute Gasteiger partial charge is 0.320 e. The lowest BCUT2D eigenvalue weighted by atomic mass is 10.1. The Bertz CT molecular complexity index is 494. The van der Waals surface area contributed by atoms with Gasteiger partial charge >= 0.3 is 5.97 Å². The topological polar surface area (TPSA) is 105 Å². The van der Waals surface area contributed by atoms with Crippen molar-refractivity contribution in [3.8, 4) is 0 Å². The first-order valence-corrected chi connectivity index (χ1v) is 4.45. The zero-order chi connectivity index (χ0) is 10.8. The number of aliphatic carboxylic acids is 1. The van der Waals surface area contributed by atoms with Crippen LogP contribution in [0.3, 0.4) is 0 Å². The Balaban J connectivity index is 2.32. The van der Waals surface area contributed by atoms with E-state index >= 15 is 0 Å². The van der Waals surface area contributed by atoms with E-state index < -0.39 is 12.0 Å². The SMILES string of the molecule is N[C@@H](Cc1n[nH]c2ncccc12)C(=O)O. The van der Waals surface area contributed by atoms with Gasteiger partial charge in [-0.3, -0.25) is 9.89 Å². The number of aromatic amines is 1. The van der Waals surface area contributed by atoms with Crippen LogP contribution in [0, 0.1) is 0 Å². The highest BCUT2D eigenvalue weighted by molar-refractivity contribution is 5.79. The lowest BCUT2D eigenvalue weighted by molar-refractivity contribution is -0.138. The van der Waals surface area contributed by atoms with Crippen molar-refractivity contribution in [2.24, 2.45) is 5.73 Å². The lowest BCUT2D eigenvalue weighted by Crippen LogP contribution is -2.32. The number of fused-ring (bicyclic) bond motifs is 1. The van der Waals surface area contributed by atoms with Gasteiger partial charge in [-0.05, 0) is 12.1 Å². The van der Waals surface area contributed by atoms with Crippen LogP contribution in [0.25, 0.3) is 11.0 Å². The van der Waals surface area contributed by atoms with Crippen LogP contribution in [0.15, 0.2) is 18.3 Å². The minimum atomic E-state index is -1.03. The summed E-state index contributed by atoms with van der Waals surface area (Å²) >= 11 is 0. The van der Waals surface area contributed by atoms with E-state index in [1.807, 2.05) is 6.07 Å². The maximum absolute atomic E-state index is 10.6. The van der Waals surface area contributed by atoms with Crippen molar-refractivity contribution in [1.82, 2.24) is 15.2 Å². The Morgan fingerprint density at radius 2 is 2.47 bits per heavy atom. The summed E-state index contributed by atoms with van der Waals surface area (Å²) in [6.07, 6.45) is 1.84. The second kappa shape index (κ2) is 3.66. The summed E-state index contributed by atoms with van der Waals surface area (Å²) in [5, 5.41) is 16.2. The summed E-state index contributed by atoms with van der Waals surface area (Å²) in [6.45, 7) is 0. The molecule has 0 aliphatic heterocycles. The fourth-order valence-corrected chi connectivity index (χ4v) is 1.36. The molecular formula is C9H10N4O2. The first-order chi connectivity index (χ1) is 7.18. The van der Waals surface area contributed by atoms with E-state index in [2.05, 4.69) is 15.2 Å². The largest absolute Gasteiger partial charge is 0.480 e. The number of hydrogen-bond acceptors (Lipinski definition) is 4. The minimum absolute atomic E-state index is 0.195. The molecule has 0 saturated carbocycles. The number of nitrogens with two attached hydrogens (primary N) is 1. The van der Waals surface area contributed by atoms with Crippen LogP contribution in [-0.2, 0) is 11.2 Å². The van der Waals surface area contributed by atoms with Crippen molar-refractivity contribution in [3.63, 3.8) is 0 Å². The van der Waals surface area contributed by atoms with Crippen molar-refractivity contribution in [1.29, 1.82) is 0 Å². The van der Waals surface area contributed by atoms with E-state index in [0.717, 1.165) is 5.39 Å². The Morgan fingerprint density at radius 1 is 1.67 bits per heavy atom. The highest BCUT2D eigenvalue weighted by Crippen LogP contribution is 2.13. The number of hydrogen-bond donors (Lipinski definition) is 3. The molecule has 2 rings (SSSR count). The maximum Gasteiger partial charge on any atom is 0.320 e. The summed E-state index contributed by atoms with van der Waals surface area (Å²) in [6, 6.07) is 2.67.